The summed E-state index contributed by atoms with van der Waals surface area (Å²) in [5.41, 5.74) is 0. The molecule has 0 aromatic rings. The summed E-state index contributed by atoms with van der Waals surface area (Å²) in [5, 5.41) is 0. The van der Waals surface area contributed by atoms with Crippen LogP contribution in [0.3, 0.4) is 0 Å². The van der Waals surface area contributed by atoms with Crippen molar-refractivity contribution in [1.82, 2.24) is 0 Å². The van der Waals surface area contributed by atoms with Crippen molar-refractivity contribution in [2.45, 2.75) is 213 Å². The molecule has 0 heterocycles. The molecule has 0 spiro atoms. The number of hydrogen-bond acceptors (Lipinski definition) is 6. The first kappa shape index (κ1) is 59.8. The largest absolute Gasteiger partial charge is 0.462 e. The Balaban J connectivity index is 4.61. The normalized spacial score (nSPS) is 13.1. The van der Waals surface area contributed by atoms with E-state index in [1.807, 2.05) is 6.08 Å². The van der Waals surface area contributed by atoms with Gasteiger partial charge in [-0.05, 0) is 83.5 Å². The summed E-state index contributed by atoms with van der Waals surface area (Å²) < 4.78 is 16.6. The number of carbonyl (C=O) groups is 3. The summed E-state index contributed by atoms with van der Waals surface area (Å²) >= 11 is 0. The fraction of sp³-hybridized carbons (Fsp3) is 0.603. The van der Waals surface area contributed by atoms with Crippen molar-refractivity contribution in [3.63, 3.8) is 0 Å². The van der Waals surface area contributed by atoms with Gasteiger partial charge in [-0.25, -0.2) is 0 Å². The molecule has 0 saturated carbocycles. The van der Waals surface area contributed by atoms with Crippen molar-refractivity contribution in [1.29, 1.82) is 0 Å². The molecule has 0 aliphatic rings. The van der Waals surface area contributed by atoms with Crippen LogP contribution in [0.25, 0.3) is 0 Å². The van der Waals surface area contributed by atoms with Crippen LogP contribution in [0.4, 0.5) is 0 Å². The minimum absolute atomic E-state index is 0.0816. The maximum Gasteiger partial charge on any atom is 0.310 e. The van der Waals surface area contributed by atoms with E-state index in [0.717, 1.165) is 83.5 Å². The molecule has 0 N–H and O–H groups in total. The topological polar surface area (TPSA) is 78.9 Å². The third-order valence-electron chi connectivity index (χ3n) is 10.2. The average Bonchev–Trinajstić information content (AvgIpc) is 3.29. The van der Waals surface area contributed by atoms with Crippen LogP contribution in [-0.2, 0) is 28.6 Å². The summed E-state index contributed by atoms with van der Waals surface area (Å²) in [6.45, 7) is 6.26. The number of hydrogen-bond donors (Lipinski definition) is 0. The zero-order valence-corrected chi connectivity index (χ0v) is 41.0. The second-order valence-electron chi connectivity index (χ2n) is 16.3. The van der Waals surface area contributed by atoms with Crippen molar-refractivity contribution in [3.8, 4) is 0 Å². The molecule has 360 valence electrons. The Kier molecular flexibility index (Phi) is 48.1. The van der Waals surface area contributed by atoms with E-state index in [1.54, 1.807) is 6.08 Å². The van der Waals surface area contributed by atoms with Gasteiger partial charge in [-0.15, -0.1) is 0 Å². The van der Waals surface area contributed by atoms with E-state index in [4.69, 9.17) is 14.2 Å². The number of rotatable bonds is 44. The maximum atomic E-state index is 12.7. The highest BCUT2D eigenvalue weighted by molar-refractivity contribution is 5.72. The standard InChI is InChI=1S/C58H92O6/c1-4-7-10-13-16-19-22-25-28-29-31-33-36-39-42-45-48-51-57(60)63-54-55(53-62-56(59)50-47-44-41-38-35-32-27-24-21-18-15-12-9-6-3)64-58(61)52-49-46-43-40-37-34-30-26-23-20-17-14-11-8-5-2/h7-8,10-11,16-17,19-20,25-26,28,30-31,33,37,39-40,42,46,49,55H,4-6,9,12-15,18,21-24,27,29,32,34-36,38,41,43-45,47-48,50-54H2,1-3H3/b10-7-,11-8-,19-16-,20-17-,28-25-,30-26-,33-31-,40-37-,42-39-,49-46-. The molecule has 0 fully saturated rings. The highest BCUT2D eigenvalue weighted by Crippen LogP contribution is 2.14. The zero-order valence-electron chi connectivity index (χ0n) is 41.0. The van der Waals surface area contributed by atoms with Crippen molar-refractivity contribution >= 4 is 17.9 Å². The van der Waals surface area contributed by atoms with Gasteiger partial charge < -0.3 is 14.2 Å². The number of carbonyl (C=O) groups excluding carboxylic acids is 3. The third kappa shape index (κ3) is 48.8. The van der Waals surface area contributed by atoms with Crippen LogP contribution >= 0.6 is 0 Å². The zero-order chi connectivity index (χ0) is 46.5. The number of unbranched alkanes of at least 4 members (excludes halogenated alkanes) is 14. The fourth-order valence-corrected chi connectivity index (χ4v) is 6.49. The van der Waals surface area contributed by atoms with Crippen LogP contribution in [0.5, 0.6) is 0 Å². The summed E-state index contributed by atoms with van der Waals surface area (Å²) in [6.07, 6.45) is 70.7. The molecule has 0 aliphatic heterocycles. The molecule has 1 atom stereocenters. The Morgan fingerprint density at radius 2 is 0.656 bits per heavy atom. The van der Waals surface area contributed by atoms with Crippen molar-refractivity contribution in [3.05, 3.63) is 122 Å². The van der Waals surface area contributed by atoms with Gasteiger partial charge in [0.25, 0.3) is 0 Å². The van der Waals surface area contributed by atoms with Gasteiger partial charge in [-0.1, -0.05) is 226 Å². The summed E-state index contributed by atoms with van der Waals surface area (Å²) in [6, 6.07) is 0. The molecule has 0 radical (unpaired) electrons. The Labute approximate surface area is 392 Å². The van der Waals surface area contributed by atoms with Gasteiger partial charge in [0.2, 0.25) is 0 Å². The highest BCUT2D eigenvalue weighted by atomic mass is 16.6. The van der Waals surface area contributed by atoms with E-state index in [1.165, 1.54) is 70.6 Å². The lowest BCUT2D eigenvalue weighted by molar-refractivity contribution is -0.166. The molecule has 0 saturated heterocycles. The van der Waals surface area contributed by atoms with E-state index >= 15 is 0 Å². The first-order valence-electron chi connectivity index (χ1n) is 25.5. The van der Waals surface area contributed by atoms with Crippen molar-refractivity contribution < 1.29 is 28.6 Å². The van der Waals surface area contributed by atoms with Crippen LogP contribution in [-0.4, -0.2) is 37.2 Å². The Morgan fingerprint density at radius 3 is 1.03 bits per heavy atom. The molecule has 0 aliphatic carbocycles. The lowest BCUT2D eigenvalue weighted by Gasteiger charge is -2.18. The Bertz CT molecular complexity index is 1390. The van der Waals surface area contributed by atoms with Crippen LogP contribution in [0.1, 0.15) is 207 Å². The third-order valence-corrected chi connectivity index (χ3v) is 10.2. The summed E-state index contributed by atoms with van der Waals surface area (Å²) in [7, 11) is 0. The maximum absolute atomic E-state index is 12.7. The second-order valence-corrected chi connectivity index (χ2v) is 16.3. The smallest absolute Gasteiger partial charge is 0.310 e. The molecular formula is C58H92O6. The summed E-state index contributed by atoms with van der Waals surface area (Å²) in [4.78, 5) is 37.9. The van der Waals surface area contributed by atoms with E-state index in [-0.39, 0.29) is 38.0 Å². The minimum Gasteiger partial charge on any atom is -0.462 e. The van der Waals surface area contributed by atoms with Gasteiger partial charge in [0.1, 0.15) is 13.2 Å². The highest BCUT2D eigenvalue weighted by Gasteiger charge is 2.19. The average molecular weight is 885 g/mol. The molecular weight excluding hydrogens is 793 g/mol. The lowest BCUT2D eigenvalue weighted by Crippen LogP contribution is -2.30. The first-order chi connectivity index (χ1) is 31.5. The molecule has 64 heavy (non-hydrogen) atoms. The predicted octanol–water partition coefficient (Wildman–Crippen LogP) is 16.9. The number of ether oxygens (including phenoxy) is 3. The van der Waals surface area contributed by atoms with Gasteiger partial charge in [0, 0.05) is 12.8 Å². The van der Waals surface area contributed by atoms with Crippen LogP contribution in [0, 0.1) is 0 Å². The molecule has 0 bridgehead atoms. The molecule has 0 aromatic carbocycles. The molecule has 6 nitrogen and oxygen atoms in total. The van der Waals surface area contributed by atoms with Gasteiger partial charge in [0.15, 0.2) is 6.10 Å². The Morgan fingerprint density at radius 1 is 0.344 bits per heavy atom. The van der Waals surface area contributed by atoms with Crippen LogP contribution < -0.4 is 0 Å². The molecule has 0 amide bonds. The number of allylic oxidation sites excluding steroid dienone is 19. The molecule has 0 aromatic heterocycles. The summed E-state index contributed by atoms with van der Waals surface area (Å²) in [5.74, 6) is -1.13. The van der Waals surface area contributed by atoms with Crippen LogP contribution in [0.15, 0.2) is 122 Å². The molecule has 6 heteroatoms. The monoisotopic (exact) mass is 885 g/mol. The van der Waals surface area contributed by atoms with Gasteiger partial charge in [0.05, 0.1) is 6.42 Å². The van der Waals surface area contributed by atoms with E-state index in [0.29, 0.717) is 19.3 Å². The van der Waals surface area contributed by atoms with Gasteiger partial charge in [-0.3, -0.25) is 14.4 Å². The molecule has 0 rings (SSSR count). The van der Waals surface area contributed by atoms with E-state index in [9.17, 15) is 14.4 Å². The van der Waals surface area contributed by atoms with Crippen LogP contribution in [0.2, 0.25) is 0 Å². The minimum atomic E-state index is -0.856. The van der Waals surface area contributed by atoms with Crippen molar-refractivity contribution in [2.24, 2.45) is 0 Å². The SMILES string of the molecule is CC/C=C\C/C=C\C/C=C\C/C=C\C/C=C\CCCC(=O)OCC(COC(=O)CCCCCCCCCCCCCCCC)OC(=O)C/C=C\C/C=C\C/C=C\C/C=C\C/C=C\CC. The Hall–Kier alpha value is -4.19. The second kappa shape index (κ2) is 51.4. The van der Waals surface area contributed by atoms with E-state index < -0.39 is 12.1 Å². The van der Waals surface area contributed by atoms with Gasteiger partial charge in [-0.2, -0.15) is 0 Å². The quantitative estimate of drug-likeness (QED) is 0.0262. The predicted molar refractivity (Wildman–Crippen MR) is 274 cm³/mol. The molecule has 1 unspecified atom stereocenters. The number of esters is 3. The first-order valence-corrected chi connectivity index (χ1v) is 25.5. The lowest BCUT2D eigenvalue weighted by atomic mass is 10.0. The van der Waals surface area contributed by atoms with Crippen molar-refractivity contribution in [2.75, 3.05) is 13.2 Å². The fourth-order valence-electron chi connectivity index (χ4n) is 6.49. The van der Waals surface area contributed by atoms with Gasteiger partial charge >= 0.3 is 17.9 Å². The van der Waals surface area contributed by atoms with E-state index in [2.05, 4.69) is 130 Å².